The molecule has 0 atom stereocenters. The van der Waals surface area contributed by atoms with Crippen molar-refractivity contribution in [3.8, 4) is 11.1 Å². The molecule has 0 saturated carbocycles. The number of carbonyl (C=O) groups is 2. The number of carbonyl (C=O) groups excluding carboxylic acids is 2. The van der Waals surface area contributed by atoms with Crippen molar-refractivity contribution < 1.29 is 14.3 Å². The lowest BCUT2D eigenvalue weighted by atomic mass is 9.93. The van der Waals surface area contributed by atoms with Crippen molar-refractivity contribution in [2.24, 2.45) is 5.41 Å². The summed E-state index contributed by atoms with van der Waals surface area (Å²) in [6.45, 7) is 8.06. The van der Waals surface area contributed by atoms with Crippen LogP contribution in [-0.2, 0) is 16.1 Å². The molecule has 0 bridgehead atoms. The molecular weight excluding hydrogens is 388 g/mol. The summed E-state index contributed by atoms with van der Waals surface area (Å²) in [5, 5.41) is 0. The number of methoxy groups -OCH3 is 1. The summed E-state index contributed by atoms with van der Waals surface area (Å²) in [5.41, 5.74) is 4.09. The van der Waals surface area contributed by atoms with Crippen molar-refractivity contribution in [1.29, 1.82) is 0 Å². The van der Waals surface area contributed by atoms with E-state index in [0.717, 1.165) is 28.1 Å². The Kier molecular flexibility index (Phi) is 6.54. The van der Waals surface area contributed by atoms with Gasteiger partial charge in [0.1, 0.15) is 0 Å². The van der Waals surface area contributed by atoms with Crippen molar-refractivity contribution in [2.45, 2.75) is 34.2 Å². The Morgan fingerprint density at radius 3 is 2.35 bits per heavy atom. The van der Waals surface area contributed by atoms with E-state index >= 15 is 0 Å². The highest BCUT2D eigenvalue weighted by atomic mass is 16.5. The summed E-state index contributed by atoms with van der Waals surface area (Å²) in [6, 6.07) is 18.9. The number of aromatic nitrogens is 1. The largest absolute Gasteiger partial charge is 0.465 e. The first-order valence-corrected chi connectivity index (χ1v) is 10.2. The van der Waals surface area contributed by atoms with Gasteiger partial charge in [-0.15, -0.1) is 0 Å². The van der Waals surface area contributed by atoms with Gasteiger partial charge in [0.05, 0.1) is 24.9 Å². The molecule has 0 spiro atoms. The molecule has 0 unspecified atom stereocenters. The highest BCUT2D eigenvalue weighted by Crippen LogP contribution is 2.32. The van der Waals surface area contributed by atoms with Gasteiger partial charge in [0.15, 0.2) is 0 Å². The number of rotatable bonds is 5. The lowest BCUT2D eigenvalue weighted by molar-refractivity contribution is -0.125. The van der Waals surface area contributed by atoms with Gasteiger partial charge < -0.3 is 9.64 Å². The van der Waals surface area contributed by atoms with E-state index in [1.165, 1.54) is 7.11 Å². The standard InChI is InChI=1S/C26H28N2O3/c1-18-14-19(22-11-6-7-12-23(22)24(29)31-5)16-21(15-18)28(25(30)26(2,3)4)17-20-10-8-9-13-27-20/h6-16H,17H2,1-5H3. The minimum Gasteiger partial charge on any atom is -0.465 e. The zero-order valence-corrected chi connectivity index (χ0v) is 18.7. The van der Waals surface area contributed by atoms with Crippen molar-refractivity contribution in [2.75, 3.05) is 12.0 Å². The number of amides is 1. The van der Waals surface area contributed by atoms with Crippen LogP contribution in [0.5, 0.6) is 0 Å². The molecular formula is C26H28N2O3. The van der Waals surface area contributed by atoms with Crippen LogP contribution in [0.2, 0.25) is 0 Å². The van der Waals surface area contributed by atoms with E-state index in [1.807, 2.05) is 82.3 Å². The first-order valence-electron chi connectivity index (χ1n) is 10.2. The quantitative estimate of drug-likeness (QED) is 0.521. The molecule has 0 aliphatic carbocycles. The highest BCUT2D eigenvalue weighted by Gasteiger charge is 2.29. The van der Waals surface area contributed by atoms with Crippen molar-refractivity contribution in [3.05, 3.63) is 83.7 Å². The Morgan fingerprint density at radius 2 is 1.71 bits per heavy atom. The van der Waals surface area contributed by atoms with Gasteiger partial charge in [0.2, 0.25) is 5.91 Å². The van der Waals surface area contributed by atoms with Gasteiger partial charge in [-0.3, -0.25) is 9.78 Å². The van der Waals surface area contributed by atoms with Crippen molar-refractivity contribution >= 4 is 17.6 Å². The number of esters is 1. The van der Waals surface area contributed by atoms with Gasteiger partial charge in [0.25, 0.3) is 0 Å². The smallest absolute Gasteiger partial charge is 0.338 e. The number of hydrogen-bond acceptors (Lipinski definition) is 4. The van der Waals surface area contributed by atoms with Crippen LogP contribution in [0.3, 0.4) is 0 Å². The van der Waals surface area contributed by atoms with Gasteiger partial charge in [-0.2, -0.15) is 0 Å². The maximum Gasteiger partial charge on any atom is 0.338 e. The van der Waals surface area contributed by atoms with E-state index in [4.69, 9.17) is 4.74 Å². The van der Waals surface area contributed by atoms with Crippen LogP contribution in [-0.4, -0.2) is 24.0 Å². The SMILES string of the molecule is COC(=O)c1ccccc1-c1cc(C)cc(N(Cc2ccccn2)C(=O)C(C)(C)C)c1. The zero-order valence-electron chi connectivity index (χ0n) is 18.7. The van der Waals surface area contributed by atoms with Gasteiger partial charge >= 0.3 is 5.97 Å². The normalized spacial score (nSPS) is 11.1. The average Bonchev–Trinajstić information content (AvgIpc) is 2.76. The second-order valence-corrected chi connectivity index (χ2v) is 8.56. The predicted octanol–water partition coefficient (Wildman–Crippen LogP) is 5.42. The lowest BCUT2D eigenvalue weighted by Crippen LogP contribution is -2.39. The van der Waals surface area contributed by atoms with Crippen LogP contribution in [0.4, 0.5) is 5.69 Å². The fraction of sp³-hybridized carbons (Fsp3) is 0.269. The van der Waals surface area contributed by atoms with Crippen LogP contribution in [0.25, 0.3) is 11.1 Å². The average molecular weight is 417 g/mol. The molecule has 3 rings (SSSR count). The Labute approximate surface area is 183 Å². The number of hydrogen-bond donors (Lipinski definition) is 0. The molecule has 0 aliphatic heterocycles. The molecule has 3 aromatic rings. The first-order chi connectivity index (χ1) is 14.7. The van der Waals surface area contributed by atoms with Gasteiger partial charge in [0, 0.05) is 17.3 Å². The maximum atomic E-state index is 13.4. The van der Waals surface area contributed by atoms with E-state index < -0.39 is 11.4 Å². The molecule has 160 valence electrons. The Balaban J connectivity index is 2.13. The van der Waals surface area contributed by atoms with E-state index in [1.54, 1.807) is 17.2 Å². The molecule has 0 radical (unpaired) electrons. The van der Waals surface area contributed by atoms with Crippen LogP contribution in [0.1, 0.15) is 42.4 Å². The van der Waals surface area contributed by atoms with Crippen LogP contribution in [0, 0.1) is 12.3 Å². The monoisotopic (exact) mass is 416 g/mol. The van der Waals surface area contributed by atoms with E-state index in [9.17, 15) is 9.59 Å². The summed E-state index contributed by atoms with van der Waals surface area (Å²) in [5.74, 6) is -0.397. The molecule has 0 aliphatic rings. The Bertz CT molecular complexity index is 1090. The Hall–Kier alpha value is -3.47. The number of nitrogens with zero attached hydrogens (tertiary/aromatic N) is 2. The van der Waals surface area contributed by atoms with Gasteiger partial charge in [-0.1, -0.05) is 51.1 Å². The fourth-order valence-corrected chi connectivity index (χ4v) is 3.44. The van der Waals surface area contributed by atoms with E-state index in [-0.39, 0.29) is 5.91 Å². The second kappa shape index (κ2) is 9.13. The zero-order chi connectivity index (χ0) is 22.6. The van der Waals surface area contributed by atoms with E-state index in [2.05, 4.69) is 4.98 Å². The second-order valence-electron chi connectivity index (χ2n) is 8.56. The molecule has 1 amide bonds. The fourth-order valence-electron chi connectivity index (χ4n) is 3.44. The Morgan fingerprint density at radius 1 is 1.00 bits per heavy atom. The molecule has 2 aromatic carbocycles. The number of ether oxygens (including phenoxy) is 1. The topological polar surface area (TPSA) is 59.5 Å². The molecule has 0 fully saturated rings. The van der Waals surface area contributed by atoms with Crippen LogP contribution in [0.15, 0.2) is 66.9 Å². The van der Waals surface area contributed by atoms with Crippen LogP contribution >= 0.6 is 0 Å². The molecule has 1 heterocycles. The predicted molar refractivity (Wildman–Crippen MR) is 123 cm³/mol. The third kappa shape index (κ3) is 5.18. The molecule has 5 nitrogen and oxygen atoms in total. The summed E-state index contributed by atoms with van der Waals surface area (Å²) in [4.78, 5) is 31.8. The maximum absolute atomic E-state index is 13.4. The third-order valence-electron chi connectivity index (χ3n) is 4.95. The first kappa shape index (κ1) is 22.2. The van der Waals surface area contributed by atoms with Gasteiger partial charge in [-0.05, 0) is 53.9 Å². The van der Waals surface area contributed by atoms with Crippen molar-refractivity contribution in [3.63, 3.8) is 0 Å². The number of aryl methyl sites for hydroxylation is 1. The van der Waals surface area contributed by atoms with Gasteiger partial charge in [-0.25, -0.2) is 4.79 Å². The number of benzene rings is 2. The molecule has 31 heavy (non-hydrogen) atoms. The molecule has 0 saturated heterocycles. The number of anilines is 1. The summed E-state index contributed by atoms with van der Waals surface area (Å²) in [6.07, 6.45) is 1.73. The summed E-state index contributed by atoms with van der Waals surface area (Å²) in [7, 11) is 1.37. The number of pyridine rings is 1. The summed E-state index contributed by atoms with van der Waals surface area (Å²) < 4.78 is 4.96. The van der Waals surface area contributed by atoms with Crippen molar-refractivity contribution in [1.82, 2.24) is 4.98 Å². The highest BCUT2D eigenvalue weighted by molar-refractivity contribution is 5.99. The van der Waals surface area contributed by atoms with Crippen LogP contribution < -0.4 is 4.90 Å². The molecule has 0 N–H and O–H groups in total. The molecule has 5 heteroatoms. The minimum absolute atomic E-state index is 0.00374. The minimum atomic E-state index is -0.567. The summed E-state index contributed by atoms with van der Waals surface area (Å²) >= 11 is 0. The lowest BCUT2D eigenvalue weighted by Gasteiger charge is -2.30. The van der Waals surface area contributed by atoms with E-state index in [0.29, 0.717) is 12.1 Å². The third-order valence-corrected chi connectivity index (χ3v) is 4.95. The molecule has 1 aromatic heterocycles.